The van der Waals surface area contributed by atoms with Crippen molar-refractivity contribution >= 4 is 28.9 Å². The maximum absolute atomic E-state index is 11.8. The van der Waals surface area contributed by atoms with Crippen molar-refractivity contribution in [1.29, 1.82) is 0 Å². The van der Waals surface area contributed by atoms with E-state index in [0.29, 0.717) is 17.4 Å². The van der Waals surface area contributed by atoms with Gasteiger partial charge < -0.3 is 23.9 Å². The number of aryl methyl sites for hydroxylation is 1. The number of hydrogen-bond acceptors (Lipinski definition) is 5. The van der Waals surface area contributed by atoms with E-state index in [0.717, 1.165) is 11.4 Å². The van der Waals surface area contributed by atoms with Crippen LogP contribution in [0.5, 0.6) is 0 Å². The minimum absolute atomic E-state index is 0. The zero-order valence-corrected chi connectivity index (χ0v) is 19.6. The molecule has 0 spiro atoms. The summed E-state index contributed by atoms with van der Waals surface area (Å²) in [6, 6.07) is 10.5. The molecule has 0 atom stereocenters. The summed E-state index contributed by atoms with van der Waals surface area (Å²) in [5.74, 6) is -0.751. The number of nitrogens with zero attached hydrogens (tertiary/aromatic N) is 4. The van der Waals surface area contributed by atoms with Crippen LogP contribution >= 0.6 is 11.6 Å². The first-order chi connectivity index (χ1) is 13.3. The minimum Gasteiger partial charge on any atom is -0.543 e. The Kier molecular flexibility index (Phi) is 7.71. The molecule has 0 aliphatic rings. The van der Waals surface area contributed by atoms with Gasteiger partial charge in [-0.15, -0.1) is 0 Å². The van der Waals surface area contributed by atoms with Crippen molar-refractivity contribution in [2.24, 2.45) is 7.05 Å². The molecule has 0 N–H and O–H groups in total. The number of aromatic nitrogens is 3. The largest absolute Gasteiger partial charge is 1.00 e. The van der Waals surface area contributed by atoms with E-state index in [1.165, 1.54) is 16.8 Å². The summed E-state index contributed by atoms with van der Waals surface area (Å²) in [4.78, 5) is 29.3. The Morgan fingerprint density at radius 1 is 1.14 bits per heavy atom. The van der Waals surface area contributed by atoms with Gasteiger partial charge in [-0.2, -0.15) is 0 Å². The van der Waals surface area contributed by atoms with E-state index >= 15 is 0 Å². The molecule has 146 valence electrons. The van der Waals surface area contributed by atoms with Crippen LogP contribution in [0.2, 0.25) is 5.02 Å². The molecule has 2 heterocycles. The van der Waals surface area contributed by atoms with Crippen LogP contribution in [0.4, 0.5) is 11.4 Å². The Labute approximate surface area is 195 Å². The standard InChI is InChI=1S/C20H21ClN4O3.Na/c1-13(2)24-11-17(20(27)28)22-18(24)12-25(15-6-4-14(21)5-7-15)16-8-9-19(26)23(3)10-16;/h4-11,13H,12H2,1-3H3,(H,27,28);/q;+1/p-1. The van der Waals surface area contributed by atoms with Crippen LogP contribution in [-0.4, -0.2) is 20.1 Å². The normalized spacial score (nSPS) is 10.7. The molecule has 0 saturated carbocycles. The average molecular weight is 423 g/mol. The van der Waals surface area contributed by atoms with Crippen molar-refractivity contribution in [2.75, 3.05) is 4.90 Å². The molecule has 0 aliphatic carbocycles. The maximum atomic E-state index is 11.8. The van der Waals surface area contributed by atoms with Gasteiger partial charge in [-0.1, -0.05) is 11.6 Å². The fourth-order valence-corrected chi connectivity index (χ4v) is 3.05. The fraction of sp³-hybridized carbons (Fsp3) is 0.250. The molecule has 3 rings (SSSR count). The Morgan fingerprint density at radius 2 is 1.76 bits per heavy atom. The molecule has 1 aromatic carbocycles. The number of imidazole rings is 1. The molecule has 7 nitrogen and oxygen atoms in total. The Morgan fingerprint density at radius 3 is 2.31 bits per heavy atom. The van der Waals surface area contributed by atoms with E-state index in [4.69, 9.17) is 11.6 Å². The van der Waals surface area contributed by atoms with Gasteiger partial charge in [0, 0.05) is 42.3 Å². The molecular formula is C20H20ClN4NaO3. The Bertz CT molecular complexity index is 1060. The van der Waals surface area contributed by atoms with E-state index < -0.39 is 5.97 Å². The van der Waals surface area contributed by atoms with Gasteiger partial charge >= 0.3 is 29.6 Å². The summed E-state index contributed by atoms with van der Waals surface area (Å²) in [5.41, 5.74) is 1.36. The van der Waals surface area contributed by atoms with Crippen molar-refractivity contribution in [3.8, 4) is 0 Å². The SMILES string of the molecule is CC(C)n1cc(C(=O)[O-])nc1CN(c1ccc(Cl)cc1)c1ccc(=O)n(C)c1.[Na+]. The van der Waals surface area contributed by atoms with Crippen LogP contribution in [0.25, 0.3) is 0 Å². The third-order valence-corrected chi connectivity index (χ3v) is 4.65. The first kappa shape index (κ1) is 23.2. The third kappa shape index (κ3) is 5.30. The Balaban J connectivity index is 0.00000300. The molecule has 0 fully saturated rings. The van der Waals surface area contributed by atoms with E-state index in [-0.39, 0.29) is 46.9 Å². The number of carbonyl (C=O) groups excluding carboxylic acids is 1. The number of carboxylic acids is 1. The van der Waals surface area contributed by atoms with Gasteiger partial charge in [-0.3, -0.25) is 4.79 Å². The summed E-state index contributed by atoms with van der Waals surface area (Å²) in [7, 11) is 1.68. The quantitative estimate of drug-likeness (QED) is 0.501. The summed E-state index contributed by atoms with van der Waals surface area (Å²) in [6.07, 6.45) is 3.20. The number of carbonyl (C=O) groups is 1. The van der Waals surface area contributed by atoms with Gasteiger partial charge in [0.15, 0.2) is 0 Å². The van der Waals surface area contributed by atoms with Crippen LogP contribution in [0, 0.1) is 0 Å². The molecule has 0 saturated heterocycles. The van der Waals surface area contributed by atoms with Gasteiger partial charge in [0.2, 0.25) is 5.56 Å². The van der Waals surface area contributed by atoms with Crippen molar-refractivity contribution < 1.29 is 39.5 Å². The van der Waals surface area contributed by atoms with Crippen molar-refractivity contribution in [2.45, 2.75) is 26.4 Å². The predicted octanol–water partition coefficient (Wildman–Crippen LogP) is -0.478. The smallest absolute Gasteiger partial charge is 0.543 e. The molecule has 9 heteroatoms. The topological polar surface area (TPSA) is 83.2 Å². The molecule has 0 unspecified atom stereocenters. The number of benzene rings is 1. The fourth-order valence-electron chi connectivity index (χ4n) is 2.93. The number of aromatic carboxylic acids is 1. The van der Waals surface area contributed by atoms with Crippen molar-refractivity contribution in [1.82, 2.24) is 14.1 Å². The molecule has 29 heavy (non-hydrogen) atoms. The summed E-state index contributed by atoms with van der Waals surface area (Å²) in [6.45, 7) is 4.19. The van der Waals surface area contributed by atoms with Gasteiger partial charge in [-0.05, 0) is 44.2 Å². The van der Waals surface area contributed by atoms with Gasteiger partial charge in [-0.25, -0.2) is 4.98 Å². The zero-order chi connectivity index (χ0) is 20.4. The van der Waals surface area contributed by atoms with E-state index in [9.17, 15) is 14.7 Å². The monoisotopic (exact) mass is 422 g/mol. The van der Waals surface area contributed by atoms with Crippen molar-refractivity contribution in [3.63, 3.8) is 0 Å². The second-order valence-electron chi connectivity index (χ2n) is 6.73. The zero-order valence-electron chi connectivity index (χ0n) is 16.8. The molecule has 0 radical (unpaired) electrons. The van der Waals surface area contributed by atoms with Crippen LogP contribution in [0.1, 0.15) is 36.2 Å². The first-order valence-corrected chi connectivity index (χ1v) is 9.13. The third-order valence-electron chi connectivity index (χ3n) is 4.39. The van der Waals surface area contributed by atoms with Crippen LogP contribution in [-0.2, 0) is 13.6 Å². The van der Waals surface area contributed by atoms with Gasteiger partial charge in [0.05, 0.1) is 18.2 Å². The Hall–Kier alpha value is -2.06. The van der Waals surface area contributed by atoms with E-state index in [2.05, 4.69) is 4.98 Å². The minimum atomic E-state index is -1.32. The maximum Gasteiger partial charge on any atom is 1.00 e. The number of hydrogen-bond donors (Lipinski definition) is 0. The van der Waals surface area contributed by atoms with Gasteiger partial charge in [0.25, 0.3) is 0 Å². The predicted molar refractivity (Wildman–Crippen MR) is 106 cm³/mol. The average Bonchev–Trinajstić information content (AvgIpc) is 3.08. The summed E-state index contributed by atoms with van der Waals surface area (Å²) < 4.78 is 3.29. The number of rotatable bonds is 6. The molecule has 2 aromatic heterocycles. The van der Waals surface area contributed by atoms with Gasteiger partial charge in [0.1, 0.15) is 11.5 Å². The second kappa shape index (κ2) is 9.63. The molecular weight excluding hydrogens is 403 g/mol. The number of halogens is 1. The molecule has 3 aromatic rings. The number of anilines is 2. The number of carboxylic acid groups (broad SMARTS) is 1. The molecule has 0 bridgehead atoms. The summed E-state index contributed by atoms with van der Waals surface area (Å²) in [5, 5.41) is 11.9. The summed E-state index contributed by atoms with van der Waals surface area (Å²) >= 11 is 6.02. The molecule has 0 aliphatic heterocycles. The van der Waals surface area contributed by atoms with Crippen molar-refractivity contribution in [3.05, 3.63) is 75.7 Å². The van der Waals surface area contributed by atoms with Crippen LogP contribution in [0.3, 0.4) is 0 Å². The molecule has 0 amide bonds. The second-order valence-corrected chi connectivity index (χ2v) is 7.17. The first-order valence-electron chi connectivity index (χ1n) is 8.75. The van der Waals surface area contributed by atoms with E-state index in [1.807, 2.05) is 30.9 Å². The van der Waals surface area contributed by atoms with E-state index in [1.54, 1.807) is 36.0 Å². The van der Waals surface area contributed by atoms with Crippen LogP contribution in [0.15, 0.2) is 53.6 Å². The van der Waals surface area contributed by atoms with Crippen LogP contribution < -0.4 is 45.1 Å². The number of pyridine rings is 1.